The average molecular weight is 398 g/mol. The van der Waals surface area contributed by atoms with Crippen molar-refractivity contribution in [2.75, 3.05) is 18.5 Å². The third kappa shape index (κ3) is 5.25. The van der Waals surface area contributed by atoms with Crippen LogP contribution in [0.3, 0.4) is 0 Å². The molecule has 148 valence electrons. The summed E-state index contributed by atoms with van der Waals surface area (Å²) < 4.78 is 22.6. The summed E-state index contributed by atoms with van der Waals surface area (Å²) in [6, 6.07) is 13.0. The number of nitrogens with one attached hydrogen (secondary N) is 2. The molecule has 29 heavy (non-hydrogen) atoms. The smallest absolute Gasteiger partial charge is 0.351 e. The number of esters is 1. The lowest BCUT2D eigenvalue weighted by Gasteiger charge is -2.08. The summed E-state index contributed by atoms with van der Waals surface area (Å²) in [5.41, 5.74) is -0.544. The largest absolute Gasteiger partial charge is 0.452 e. The number of benzene rings is 2. The van der Waals surface area contributed by atoms with Crippen LogP contribution >= 0.6 is 0 Å². The highest BCUT2D eigenvalue weighted by atomic mass is 19.1. The van der Waals surface area contributed by atoms with Crippen molar-refractivity contribution in [2.24, 2.45) is 0 Å². The Morgan fingerprint density at radius 1 is 1.00 bits per heavy atom. The highest BCUT2D eigenvalue weighted by molar-refractivity contribution is 5.96. The summed E-state index contributed by atoms with van der Waals surface area (Å²) in [6.45, 7) is -1.07. The van der Waals surface area contributed by atoms with Gasteiger partial charge < -0.3 is 19.8 Å². The summed E-state index contributed by atoms with van der Waals surface area (Å²) in [5.74, 6) is -2.75. The zero-order chi connectivity index (χ0) is 20.8. The van der Waals surface area contributed by atoms with E-state index in [1.165, 1.54) is 30.3 Å². The Morgan fingerprint density at radius 3 is 2.48 bits per heavy atom. The minimum absolute atomic E-state index is 0.318. The number of fused-ring (bicyclic) bond motifs is 1. The van der Waals surface area contributed by atoms with E-state index in [0.29, 0.717) is 16.7 Å². The molecule has 0 spiro atoms. The number of rotatable bonds is 6. The van der Waals surface area contributed by atoms with Crippen molar-refractivity contribution in [3.63, 3.8) is 0 Å². The molecule has 9 heteroatoms. The second-order valence-corrected chi connectivity index (χ2v) is 5.89. The van der Waals surface area contributed by atoms with Crippen LogP contribution in [-0.2, 0) is 14.3 Å². The standard InChI is InChI=1S/C20H15FN2O6/c21-13-5-7-14(8-6-13)23-17(24)10-22-18(25)11-28-19(26)15-9-12-3-1-2-4-16(12)29-20(15)27/h1-9H,10-11H2,(H,22,25)(H,23,24). The van der Waals surface area contributed by atoms with E-state index >= 15 is 0 Å². The Bertz CT molecular complexity index is 1120. The fraction of sp³-hybridized carbons (Fsp3) is 0.100. The van der Waals surface area contributed by atoms with Crippen molar-refractivity contribution >= 4 is 34.4 Å². The van der Waals surface area contributed by atoms with E-state index in [9.17, 15) is 23.6 Å². The number of halogens is 1. The van der Waals surface area contributed by atoms with Gasteiger partial charge in [-0.1, -0.05) is 18.2 Å². The van der Waals surface area contributed by atoms with E-state index in [-0.39, 0.29) is 12.1 Å². The van der Waals surface area contributed by atoms with Crippen LogP contribution in [0.4, 0.5) is 10.1 Å². The molecule has 0 saturated heterocycles. The summed E-state index contributed by atoms with van der Waals surface area (Å²) >= 11 is 0. The van der Waals surface area contributed by atoms with Crippen LogP contribution in [0, 0.1) is 5.82 Å². The summed E-state index contributed by atoms with van der Waals surface area (Å²) in [7, 11) is 0. The van der Waals surface area contributed by atoms with Crippen LogP contribution < -0.4 is 16.3 Å². The van der Waals surface area contributed by atoms with E-state index in [2.05, 4.69) is 10.6 Å². The number of hydrogen-bond donors (Lipinski definition) is 2. The molecule has 2 amide bonds. The van der Waals surface area contributed by atoms with Crippen LogP contribution in [0.5, 0.6) is 0 Å². The van der Waals surface area contributed by atoms with Crippen molar-refractivity contribution in [3.8, 4) is 0 Å². The van der Waals surface area contributed by atoms with Gasteiger partial charge in [-0.2, -0.15) is 0 Å². The van der Waals surface area contributed by atoms with Gasteiger partial charge in [0.05, 0.1) is 6.54 Å². The molecule has 0 fully saturated rings. The van der Waals surface area contributed by atoms with Gasteiger partial charge in [-0.15, -0.1) is 0 Å². The molecule has 0 atom stereocenters. The first-order chi connectivity index (χ1) is 13.9. The Balaban J connectivity index is 1.49. The van der Waals surface area contributed by atoms with E-state index < -0.39 is 35.8 Å². The average Bonchev–Trinajstić information content (AvgIpc) is 2.71. The van der Waals surface area contributed by atoms with E-state index in [0.717, 1.165) is 0 Å². The van der Waals surface area contributed by atoms with Gasteiger partial charge in [0.2, 0.25) is 5.91 Å². The first kappa shape index (κ1) is 19.7. The molecule has 3 rings (SSSR count). The second kappa shape index (κ2) is 8.79. The molecule has 3 aromatic rings. The SMILES string of the molecule is O=C(COC(=O)c1cc2ccccc2oc1=O)NCC(=O)Nc1ccc(F)cc1. The van der Waals surface area contributed by atoms with Crippen molar-refractivity contribution in [1.29, 1.82) is 0 Å². The van der Waals surface area contributed by atoms with Crippen molar-refractivity contribution in [2.45, 2.75) is 0 Å². The maximum atomic E-state index is 12.8. The maximum absolute atomic E-state index is 12.8. The zero-order valence-electron chi connectivity index (χ0n) is 14.9. The predicted octanol–water partition coefficient (Wildman–Crippen LogP) is 1.84. The molecule has 0 aliphatic carbocycles. The fourth-order valence-electron chi connectivity index (χ4n) is 2.38. The lowest BCUT2D eigenvalue weighted by Crippen LogP contribution is -2.35. The van der Waals surface area contributed by atoms with E-state index in [1.807, 2.05) is 0 Å². The topological polar surface area (TPSA) is 115 Å². The van der Waals surface area contributed by atoms with Gasteiger partial charge in [-0.05, 0) is 36.4 Å². The number of para-hydroxylation sites is 1. The van der Waals surface area contributed by atoms with Gasteiger partial charge in [0.1, 0.15) is 17.0 Å². The summed E-state index contributed by atoms with van der Waals surface area (Å²) in [5, 5.41) is 5.25. The highest BCUT2D eigenvalue weighted by Crippen LogP contribution is 2.13. The maximum Gasteiger partial charge on any atom is 0.351 e. The van der Waals surface area contributed by atoms with Crippen LogP contribution in [0.15, 0.2) is 63.8 Å². The minimum Gasteiger partial charge on any atom is -0.452 e. The molecule has 0 bridgehead atoms. The van der Waals surface area contributed by atoms with Crippen LogP contribution in [0.1, 0.15) is 10.4 Å². The Hall–Kier alpha value is -4.01. The Labute approximate surface area is 163 Å². The number of carbonyl (C=O) groups excluding carboxylic acids is 3. The Kier molecular flexibility index (Phi) is 5.98. The molecular weight excluding hydrogens is 383 g/mol. The van der Waals surface area contributed by atoms with Crippen LogP contribution in [0.25, 0.3) is 11.0 Å². The molecule has 8 nitrogen and oxygen atoms in total. The number of ether oxygens (including phenoxy) is 1. The fourth-order valence-corrected chi connectivity index (χ4v) is 2.38. The van der Waals surface area contributed by atoms with Gasteiger partial charge in [-0.25, -0.2) is 14.0 Å². The van der Waals surface area contributed by atoms with Gasteiger partial charge in [0.15, 0.2) is 6.61 Å². The van der Waals surface area contributed by atoms with Gasteiger partial charge in [0.25, 0.3) is 5.91 Å². The Morgan fingerprint density at radius 2 is 1.72 bits per heavy atom. The number of anilines is 1. The minimum atomic E-state index is -1.02. The molecule has 1 heterocycles. The first-order valence-electron chi connectivity index (χ1n) is 8.44. The third-order valence-electron chi connectivity index (χ3n) is 3.77. The molecule has 2 aromatic carbocycles. The lowest BCUT2D eigenvalue weighted by atomic mass is 10.2. The molecule has 0 unspecified atom stereocenters. The molecule has 0 saturated carbocycles. The molecular formula is C20H15FN2O6. The van der Waals surface area contributed by atoms with Crippen molar-refractivity contribution in [3.05, 3.63) is 76.4 Å². The zero-order valence-corrected chi connectivity index (χ0v) is 14.9. The molecule has 1 aromatic heterocycles. The van der Waals surface area contributed by atoms with Gasteiger partial charge >= 0.3 is 11.6 Å². The molecule has 0 aliphatic rings. The quantitative estimate of drug-likeness (QED) is 0.484. The van der Waals surface area contributed by atoms with Crippen molar-refractivity contribution in [1.82, 2.24) is 5.32 Å². The number of hydrogen-bond acceptors (Lipinski definition) is 6. The van der Waals surface area contributed by atoms with Gasteiger partial charge in [0, 0.05) is 11.1 Å². The number of amides is 2. The lowest BCUT2D eigenvalue weighted by molar-refractivity contribution is -0.126. The molecule has 0 aliphatic heterocycles. The predicted molar refractivity (Wildman–Crippen MR) is 101 cm³/mol. The van der Waals surface area contributed by atoms with Crippen LogP contribution in [0.2, 0.25) is 0 Å². The van der Waals surface area contributed by atoms with Crippen LogP contribution in [-0.4, -0.2) is 30.9 Å². The molecule has 0 radical (unpaired) electrons. The normalized spacial score (nSPS) is 10.4. The molecule has 2 N–H and O–H groups in total. The third-order valence-corrected chi connectivity index (χ3v) is 3.77. The highest BCUT2D eigenvalue weighted by Gasteiger charge is 2.17. The first-order valence-corrected chi connectivity index (χ1v) is 8.44. The summed E-state index contributed by atoms with van der Waals surface area (Å²) in [6.07, 6.45) is 0. The number of carbonyl (C=O) groups is 3. The second-order valence-electron chi connectivity index (χ2n) is 5.89. The van der Waals surface area contributed by atoms with E-state index in [1.54, 1.807) is 24.3 Å². The van der Waals surface area contributed by atoms with Crippen molar-refractivity contribution < 1.29 is 27.9 Å². The monoisotopic (exact) mass is 398 g/mol. The summed E-state index contributed by atoms with van der Waals surface area (Å²) in [4.78, 5) is 47.4. The van der Waals surface area contributed by atoms with E-state index in [4.69, 9.17) is 9.15 Å². The van der Waals surface area contributed by atoms with Gasteiger partial charge in [-0.3, -0.25) is 9.59 Å².